The van der Waals surface area contributed by atoms with Crippen molar-refractivity contribution in [2.75, 3.05) is 0 Å². The van der Waals surface area contributed by atoms with Gasteiger partial charge in [-0.25, -0.2) is 0 Å². The van der Waals surface area contributed by atoms with E-state index in [0.717, 1.165) is 11.1 Å². The molecule has 2 aliphatic carbocycles. The van der Waals surface area contributed by atoms with Gasteiger partial charge in [0.05, 0.1) is 0 Å². The molecule has 2 aliphatic rings. The maximum atomic E-state index is 11.5. The van der Waals surface area contributed by atoms with E-state index in [1.165, 1.54) is 30.9 Å². The predicted molar refractivity (Wildman–Crippen MR) is 76.5 cm³/mol. The molecule has 0 bridgehead atoms. The highest BCUT2D eigenvalue weighted by molar-refractivity contribution is 5.68. The van der Waals surface area contributed by atoms with Crippen molar-refractivity contribution in [3.8, 4) is 0 Å². The molecule has 0 saturated heterocycles. The number of benzene rings is 2. The van der Waals surface area contributed by atoms with E-state index in [1.807, 2.05) is 12.1 Å². The summed E-state index contributed by atoms with van der Waals surface area (Å²) in [6.45, 7) is 1.48. The number of rotatable bonds is 1. The molecule has 1 fully saturated rings. The highest BCUT2D eigenvalue weighted by Crippen LogP contribution is 2.60. The summed E-state index contributed by atoms with van der Waals surface area (Å²) in [4.78, 5) is 11.5. The van der Waals surface area contributed by atoms with Gasteiger partial charge in [-0.1, -0.05) is 48.5 Å². The quantitative estimate of drug-likeness (QED) is 0.733. The lowest BCUT2D eigenvalue weighted by molar-refractivity contribution is -0.144. The summed E-state index contributed by atoms with van der Waals surface area (Å²) in [5.74, 6) is -0.230. The Morgan fingerprint density at radius 2 is 1.50 bits per heavy atom. The Morgan fingerprint density at radius 1 is 1.00 bits per heavy atom. The average molecular weight is 264 g/mol. The summed E-state index contributed by atoms with van der Waals surface area (Å²) in [6.07, 6.45) is 2.12. The molecule has 2 aromatic carbocycles. The van der Waals surface area contributed by atoms with E-state index >= 15 is 0 Å². The molecule has 1 spiro atoms. The minimum absolute atomic E-state index is 0.170. The Bertz CT molecular complexity index is 649. The van der Waals surface area contributed by atoms with Crippen molar-refractivity contribution in [1.82, 2.24) is 0 Å². The number of esters is 1. The first-order valence-corrected chi connectivity index (χ1v) is 7.08. The number of fused-ring (bicyclic) bond motifs is 4. The average Bonchev–Trinajstić information content (AvgIpc) is 3.25. The molecule has 0 radical (unpaired) electrons. The van der Waals surface area contributed by atoms with Crippen LogP contribution in [0.2, 0.25) is 0 Å². The van der Waals surface area contributed by atoms with E-state index < -0.39 is 0 Å². The third kappa shape index (κ3) is 1.48. The maximum absolute atomic E-state index is 11.5. The van der Waals surface area contributed by atoms with Crippen molar-refractivity contribution in [1.29, 1.82) is 0 Å². The second-order valence-electron chi connectivity index (χ2n) is 5.75. The first kappa shape index (κ1) is 11.7. The van der Waals surface area contributed by atoms with Crippen LogP contribution in [0.5, 0.6) is 0 Å². The molecule has 0 unspecified atom stereocenters. The van der Waals surface area contributed by atoms with Gasteiger partial charge in [0, 0.05) is 23.5 Å². The lowest BCUT2D eigenvalue weighted by Crippen LogP contribution is -2.25. The van der Waals surface area contributed by atoms with E-state index in [0.29, 0.717) is 0 Å². The lowest BCUT2D eigenvalue weighted by Gasteiger charge is -2.33. The molecule has 0 aliphatic heterocycles. The largest absolute Gasteiger partial charge is 0.453 e. The molecule has 2 nitrogen and oxygen atoms in total. The van der Waals surface area contributed by atoms with Crippen LogP contribution in [0.3, 0.4) is 0 Å². The van der Waals surface area contributed by atoms with E-state index in [2.05, 4.69) is 36.4 Å². The summed E-state index contributed by atoms with van der Waals surface area (Å²) in [7, 11) is 0. The fraction of sp³-hybridized carbons (Fsp3) is 0.278. The van der Waals surface area contributed by atoms with E-state index in [1.54, 1.807) is 0 Å². The van der Waals surface area contributed by atoms with Gasteiger partial charge in [-0.15, -0.1) is 0 Å². The highest BCUT2D eigenvalue weighted by Gasteiger charge is 2.52. The Labute approximate surface area is 118 Å². The zero-order valence-corrected chi connectivity index (χ0v) is 11.4. The normalized spacial score (nSPS) is 18.2. The van der Waals surface area contributed by atoms with Crippen LogP contribution in [-0.2, 0) is 14.9 Å². The molecule has 0 atom stereocenters. The Kier molecular flexibility index (Phi) is 2.31. The van der Waals surface area contributed by atoms with Gasteiger partial charge < -0.3 is 4.74 Å². The van der Waals surface area contributed by atoms with Gasteiger partial charge in [0.2, 0.25) is 0 Å². The smallest absolute Gasteiger partial charge is 0.303 e. The summed E-state index contributed by atoms with van der Waals surface area (Å²) in [5.41, 5.74) is 5.15. The lowest BCUT2D eigenvalue weighted by atomic mass is 9.74. The summed E-state index contributed by atoms with van der Waals surface area (Å²) in [6, 6.07) is 16.8. The van der Waals surface area contributed by atoms with E-state index in [-0.39, 0.29) is 17.5 Å². The van der Waals surface area contributed by atoms with Gasteiger partial charge in [0.15, 0.2) is 6.10 Å². The number of ether oxygens (including phenoxy) is 1. The van der Waals surface area contributed by atoms with Crippen molar-refractivity contribution in [2.24, 2.45) is 0 Å². The van der Waals surface area contributed by atoms with Gasteiger partial charge in [0.1, 0.15) is 0 Å². The Hall–Kier alpha value is -2.09. The van der Waals surface area contributed by atoms with Gasteiger partial charge in [0.25, 0.3) is 0 Å². The monoisotopic (exact) mass is 264 g/mol. The minimum Gasteiger partial charge on any atom is -0.453 e. The van der Waals surface area contributed by atoms with Crippen molar-refractivity contribution in [3.05, 3.63) is 70.8 Å². The second-order valence-corrected chi connectivity index (χ2v) is 5.75. The third-order valence-electron chi connectivity index (χ3n) is 4.55. The van der Waals surface area contributed by atoms with Gasteiger partial charge in [-0.2, -0.15) is 0 Å². The molecule has 0 aromatic heterocycles. The molecular weight excluding hydrogens is 248 g/mol. The summed E-state index contributed by atoms with van der Waals surface area (Å²) in [5, 5.41) is 0. The van der Waals surface area contributed by atoms with Crippen LogP contribution >= 0.6 is 0 Å². The van der Waals surface area contributed by atoms with Gasteiger partial charge >= 0.3 is 5.97 Å². The Morgan fingerprint density at radius 3 is 1.95 bits per heavy atom. The van der Waals surface area contributed by atoms with E-state index in [4.69, 9.17) is 4.74 Å². The molecule has 1 saturated carbocycles. The van der Waals surface area contributed by atoms with Crippen molar-refractivity contribution < 1.29 is 9.53 Å². The number of hydrogen-bond acceptors (Lipinski definition) is 2. The van der Waals surface area contributed by atoms with Crippen LogP contribution < -0.4 is 0 Å². The third-order valence-corrected chi connectivity index (χ3v) is 4.55. The fourth-order valence-electron chi connectivity index (χ4n) is 3.59. The molecule has 20 heavy (non-hydrogen) atoms. The molecule has 2 aromatic rings. The fourth-order valence-corrected chi connectivity index (χ4v) is 3.59. The van der Waals surface area contributed by atoms with Gasteiger partial charge in [-0.05, 0) is 24.0 Å². The number of hydrogen-bond donors (Lipinski definition) is 0. The topological polar surface area (TPSA) is 26.3 Å². The van der Waals surface area contributed by atoms with Crippen LogP contribution in [0.4, 0.5) is 0 Å². The molecule has 0 amide bonds. The summed E-state index contributed by atoms with van der Waals surface area (Å²) >= 11 is 0. The van der Waals surface area contributed by atoms with Crippen LogP contribution in [0, 0.1) is 0 Å². The number of carbonyl (C=O) groups is 1. The van der Waals surface area contributed by atoms with E-state index in [9.17, 15) is 4.79 Å². The van der Waals surface area contributed by atoms with Gasteiger partial charge in [-0.3, -0.25) is 4.79 Å². The molecule has 0 heterocycles. The van der Waals surface area contributed by atoms with Crippen molar-refractivity contribution in [2.45, 2.75) is 31.3 Å². The van der Waals surface area contributed by atoms with Crippen LogP contribution in [0.15, 0.2) is 48.5 Å². The van der Waals surface area contributed by atoms with Crippen LogP contribution in [0.25, 0.3) is 0 Å². The second kappa shape index (κ2) is 3.95. The zero-order valence-electron chi connectivity index (χ0n) is 11.4. The first-order chi connectivity index (χ1) is 9.72. The highest BCUT2D eigenvalue weighted by atomic mass is 16.5. The first-order valence-electron chi connectivity index (χ1n) is 7.08. The minimum atomic E-state index is -0.258. The molecular formula is C18H16O2. The molecule has 2 heteroatoms. The zero-order chi connectivity index (χ0) is 13.7. The number of carbonyl (C=O) groups excluding carboxylic acids is 1. The maximum Gasteiger partial charge on any atom is 0.303 e. The van der Waals surface area contributed by atoms with Crippen molar-refractivity contribution in [3.63, 3.8) is 0 Å². The predicted octanol–water partition coefficient (Wildman–Crippen LogP) is 3.73. The van der Waals surface area contributed by atoms with Crippen LogP contribution in [-0.4, -0.2) is 5.97 Å². The van der Waals surface area contributed by atoms with Crippen molar-refractivity contribution >= 4 is 5.97 Å². The SMILES string of the molecule is CC(=O)OC1c2ccccc2C2(CC2)c2ccccc21. The standard InChI is InChI=1S/C18H16O2/c1-12(19)20-17-13-6-2-4-8-15(13)18(10-11-18)16-9-5-3-7-14(16)17/h2-9,17H,10-11H2,1H3. The molecule has 4 rings (SSSR count). The molecule has 100 valence electrons. The Balaban J connectivity index is 1.97. The van der Waals surface area contributed by atoms with Crippen LogP contribution in [0.1, 0.15) is 48.1 Å². The molecule has 0 N–H and O–H groups in total. The summed E-state index contributed by atoms with van der Waals surface area (Å²) < 4.78 is 5.63.